The lowest BCUT2D eigenvalue weighted by Crippen LogP contribution is -2.02. The van der Waals surface area contributed by atoms with Gasteiger partial charge in [-0.1, -0.05) is 72.0 Å². The van der Waals surface area contributed by atoms with E-state index < -0.39 is 5.97 Å². The molecule has 2 aromatic heterocycles. The molecule has 7 heteroatoms. The number of aryl methyl sites for hydroxylation is 1. The van der Waals surface area contributed by atoms with E-state index in [9.17, 15) is 9.90 Å². The molecule has 0 saturated heterocycles. The van der Waals surface area contributed by atoms with Gasteiger partial charge < -0.3 is 10.4 Å². The van der Waals surface area contributed by atoms with Crippen molar-refractivity contribution in [1.29, 1.82) is 0 Å². The lowest BCUT2D eigenvalue weighted by atomic mass is 10.1. The number of benzene rings is 2. The van der Waals surface area contributed by atoms with Gasteiger partial charge in [-0.2, -0.15) is 5.10 Å². The first-order chi connectivity index (χ1) is 13.6. The fourth-order valence-corrected chi connectivity index (χ4v) is 3.98. The predicted octanol–water partition coefficient (Wildman–Crippen LogP) is 4.71. The molecular formula is C21H18N4O2S. The zero-order chi connectivity index (χ0) is 19.7. The fraction of sp³-hybridized carbons (Fsp3) is 0.0952. The second kappa shape index (κ2) is 7.28. The quantitative estimate of drug-likeness (QED) is 0.516. The van der Waals surface area contributed by atoms with E-state index in [1.54, 1.807) is 11.6 Å². The molecule has 4 aromatic rings. The van der Waals surface area contributed by atoms with E-state index in [4.69, 9.17) is 5.10 Å². The van der Waals surface area contributed by atoms with Crippen LogP contribution in [0.3, 0.4) is 0 Å². The monoisotopic (exact) mass is 390 g/mol. The molecule has 0 atom stereocenters. The van der Waals surface area contributed by atoms with E-state index in [-0.39, 0.29) is 5.69 Å². The largest absolute Gasteiger partial charge is 0.476 e. The Bertz CT molecular complexity index is 1130. The van der Waals surface area contributed by atoms with Crippen molar-refractivity contribution in [2.24, 2.45) is 0 Å². The van der Waals surface area contributed by atoms with Gasteiger partial charge in [0.1, 0.15) is 11.4 Å². The molecule has 140 valence electrons. The molecule has 0 aliphatic heterocycles. The number of aromatic carboxylic acids is 1. The predicted molar refractivity (Wildman–Crippen MR) is 111 cm³/mol. The van der Waals surface area contributed by atoms with Crippen molar-refractivity contribution in [3.8, 4) is 27.6 Å². The summed E-state index contributed by atoms with van der Waals surface area (Å²) in [6, 6.07) is 19.8. The van der Waals surface area contributed by atoms with Crippen molar-refractivity contribution < 1.29 is 9.90 Å². The highest BCUT2D eigenvalue weighted by atomic mass is 32.1. The summed E-state index contributed by atoms with van der Waals surface area (Å²) >= 11 is 1.31. The summed E-state index contributed by atoms with van der Waals surface area (Å²) < 4.78 is 1.73. The van der Waals surface area contributed by atoms with Gasteiger partial charge in [0.15, 0.2) is 5.69 Å². The van der Waals surface area contributed by atoms with Crippen LogP contribution < -0.4 is 5.32 Å². The summed E-state index contributed by atoms with van der Waals surface area (Å²) in [7, 11) is 1.86. The molecule has 0 spiro atoms. The van der Waals surface area contributed by atoms with Crippen molar-refractivity contribution in [1.82, 2.24) is 14.8 Å². The van der Waals surface area contributed by atoms with Gasteiger partial charge >= 0.3 is 5.97 Å². The number of hydrogen-bond donors (Lipinski definition) is 2. The Kier molecular flexibility index (Phi) is 4.67. The Balaban J connectivity index is 2.01. The van der Waals surface area contributed by atoms with Gasteiger partial charge in [0.05, 0.1) is 5.69 Å². The topological polar surface area (TPSA) is 80.0 Å². The molecule has 28 heavy (non-hydrogen) atoms. The van der Waals surface area contributed by atoms with E-state index in [0.29, 0.717) is 10.0 Å². The zero-order valence-electron chi connectivity index (χ0n) is 15.4. The van der Waals surface area contributed by atoms with Gasteiger partial charge in [0.2, 0.25) is 5.13 Å². The molecule has 0 fully saturated rings. The van der Waals surface area contributed by atoms with Crippen molar-refractivity contribution in [2.45, 2.75) is 6.92 Å². The minimum Gasteiger partial charge on any atom is -0.476 e. The second-order valence-electron chi connectivity index (χ2n) is 6.17. The van der Waals surface area contributed by atoms with E-state index in [0.717, 1.165) is 28.2 Å². The number of rotatable bonds is 5. The minimum atomic E-state index is -1.04. The third-order valence-electron chi connectivity index (χ3n) is 4.40. The Hall–Kier alpha value is -3.45. The molecule has 0 radical (unpaired) electrons. The van der Waals surface area contributed by atoms with Crippen LogP contribution in [0.15, 0.2) is 60.7 Å². The van der Waals surface area contributed by atoms with E-state index in [1.807, 2.05) is 67.7 Å². The normalized spacial score (nSPS) is 10.8. The summed E-state index contributed by atoms with van der Waals surface area (Å²) in [6.45, 7) is 1.76. The maximum absolute atomic E-state index is 11.5. The van der Waals surface area contributed by atoms with Crippen molar-refractivity contribution in [3.05, 3.63) is 71.2 Å². The van der Waals surface area contributed by atoms with E-state index >= 15 is 0 Å². The molecule has 4 rings (SSSR count). The first kappa shape index (κ1) is 17.9. The Morgan fingerprint density at radius 2 is 1.64 bits per heavy atom. The third kappa shape index (κ3) is 3.05. The van der Waals surface area contributed by atoms with Crippen LogP contribution in [-0.2, 0) is 0 Å². The van der Waals surface area contributed by atoms with Crippen LogP contribution in [-0.4, -0.2) is 32.9 Å². The Morgan fingerprint density at radius 3 is 2.18 bits per heavy atom. The highest BCUT2D eigenvalue weighted by Gasteiger charge is 2.24. The van der Waals surface area contributed by atoms with Gasteiger partial charge in [-0.05, 0) is 6.92 Å². The molecular weight excluding hydrogens is 372 g/mol. The molecule has 2 N–H and O–H groups in total. The number of anilines is 1. The highest BCUT2D eigenvalue weighted by molar-refractivity contribution is 7.14. The summed E-state index contributed by atoms with van der Waals surface area (Å²) in [5.41, 5.74) is 4.48. The SMILES string of the molecule is CNc1c(-c2ccccc2)nn(-c2nc(C(=O)O)c(C)s2)c1-c1ccccc1. The standard InChI is InChI=1S/C21H18N4O2S/c1-13-16(20(26)27)23-21(28-13)25-19(15-11-7-4-8-12-15)18(22-2)17(24-25)14-9-5-3-6-10-14/h3-12,22H,1-2H3,(H,26,27). The van der Waals surface area contributed by atoms with Crippen LogP contribution in [0.2, 0.25) is 0 Å². The number of hydrogen-bond acceptors (Lipinski definition) is 5. The summed E-state index contributed by atoms with van der Waals surface area (Å²) in [5.74, 6) is -1.04. The molecule has 2 aromatic carbocycles. The van der Waals surface area contributed by atoms with Crippen LogP contribution in [0.5, 0.6) is 0 Å². The van der Waals surface area contributed by atoms with Crippen molar-refractivity contribution >= 4 is 23.0 Å². The number of aromatic nitrogens is 3. The fourth-order valence-electron chi connectivity index (χ4n) is 3.13. The first-order valence-electron chi connectivity index (χ1n) is 8.73. The Labute approximate surface area is 166 Å². The number of thiazole rings is 1. The molecule has 0 bridgehead atoms. The molecule has 0 aliphatic rings. The first-order valence-corrected chi connectivity index (χ1v) is 9.54. The van der Waals surface area contributed by atoms with Gasteiger partial charge in [-0.15, -0.1) is 0 Å². The van der Waals surface area contributed by atoms with Crippen LogP contribution in [0.1, 0.15) is 15.4 Å². The molecule has 0 aliphatic carbocycles. The molecule has 0 saturated carbocycles. The molecule has 0 amide bonds. The van der Waals surface area contributed by atoms with Crippen molar-refractivity contribution in [3.63, 3.8) is 0 Å². The van der Waals surface area contributed by atoms with Gasteiger partial charge in [-0.25, -0.2) is 14.5 Å². The van der Waals surface area contributed by atoms with Crippen molar-refractivity contribution in [2.75, 3.05) is 12.4 Å². The summed E-state index contributed by atoms with van der Waals surface area (Å²) in [6.07, 6.45) is 0. The number of carboxylic acids is 1. The average molecular weight is 390 g/mol. The smallest absolute Gasteiger partial charge is 0.355 e. The van der Waals surface area contributed by atoms with Gasteiger partial charge in [-0.3, -0.25) is 0 Å². The van der Waals surface area contributed by atoms with Crippen LogP contribution in [0.25, 0.3) is 27.6 Å². The summed E-state index contributed by atoms with van der Waals surface area (Å²) in [5, 5.41) is 18.0. The van der Waals surface area contributed by atoms with Gasteiger partial charge in [0, 0.05) is 23.1 Å². The van der Waals surface area contributed by atoms with Crippen LogP contribution in [0.4, 0.5) is 5.69 Å². The van der Waals surface area contributed by atoms with Crippen LogP contribution >= 0.6 is 11.3 Å². The maximum atomic E-state index is 11.5. The molecule has 2 heterocycles. The number of carbonyl (C=O) groups is 1. The van der Waals surface area contributed by atoms with Gasteiger partial charge in [0.25, 0.3) is 0 Å². The zero-order valence-corrected chi connectivity index (χ0v) is 16.2. The molecule has 6 nitrogen and oxygen atoms in total. The van der Waals surface area contributed by atoms with E-state index in [1.165, 1.54) is 11.3 Å². The number of nitrogens with zero attached hydrogens (tertiary/aromatic N) is 3. The minimum absolute atomic E-state index is 0.0572. The lowest BCUT2D eigenvalue weighted by molar-refractivity contribution is 0.0690. The third-order valence-corrected chi connectivity index (χ3v) is 5.35. The lowest BCUT2D eigenvalue weighted by Gasteiger charge is -2.08. The average Bonchev–Trinajstić information content (AvgIpc) is 3.30. The van der Waals surface area contributed by atoms with E-state index in [2.05, 4.69) is 10.3 Å². The summed E-state index contributed by atoms with van der Waals surface area (Å²) in [4.78, 5) is 16.5. The highest BCUT2D eigenvalue weighted by Crippen LogP contribution is 2.39. The Morgan fingerprint density at radius 1 is 1.04 bits per heavy atom. The van der Waals surface area contributed by atoms with Crippen LogP contribution in [0, 0.1) is 6.92 Å². The maximum Gasteiger partial charge on any atom is 0.355 e. The second-order valence-corrected chi connectivity index (χ2v) is 7.35. The number of nitrogens with one attached hydrogen (secondary N) is 1. The molecule has 0 unspecified atom stereocenters. The number of carboxylic acid groups (broad SMARTS) is 1.